The van der Waals surface area contributed by atoms with Gasteiger partial charge in [0.15, 0.2) is 0 Å². The van der Waals surface area contributed by atoms with Crippen LogP contribution in [-0.2, 0) is 12.7 Å². The van der Waals surface area contributed by atoms with Crippen molar-refractivity contribution in [3.63, 3.8) is 0 Å². The second-order valence-corrected chi connectivity index (χ2v) is 12.6. The van der Waals surface area contributed by atoms with Gasteiger partial charge in [0.2, 0.25) is 0 Å². The van der Waals surface area contributed by atoms with Crippen LogP contribution in [0.15, 0.2) is 56.9 Å². The van der Waals surface area contributed by atoms with E-state index in [9.17, 15) is 22.4 Å². The Hall–Kier alpha value is -3.03. The minimum Gasteiger partial charge on any atom is -0.353 e. The molecule has 3 atom stereocenters. The number of nitrogens with zero attached hydrogens (tertiary/aromatic N) is 4. The van der Waals surface area contributed by atoms with Crippen LogP contribution in [0.3, 0.4) is 0 Å². The zero-order chi connectivity index (χ0) is 29.9. The van der Waals surface area contributed by atoms with Gasteiger partial charge in [-0.3, -0.25) is 9.55 Å². The molecular weight excluding hydrogens is 641 g/mol. The first kappa shape index (κ1) is 29.1. The lowest BCUT2D eigenvalue weighted by Gasteiger charge is -2.37. The van der Waals surface area contributed by atoms with E-state index in [1.807, 2.05) is 18.7 Å². The Bertz CT molecular complexity index is 1740. The summed E-state index contributed by atoms with van der Waals surface area (Å²) in [5.41, 5.74) is -1.42. The Labute approximate surface area is 250 Å². The van der Waals surface area contributed by atoms with E-state index >= 15 is 4.39 Å². The van der Waals surface area contributed by atoms with E-state index < -0.39 is 40.2 Å². The highest BCUT2D eigenvalue weighted by atomic mass is 79.9. The molecule has 6 rings (SSSR count). The van der Waals surface area contributed by atoms with E-state index in [-0.39, 0.29) is 50.6 Å². The fraction of sp³-hybridized carbons (Fsp3) is 0.345. The maximum Gasteiger partial charge on any atom is 0.417 e. The number of thioether (sulfide) groups is 1. The van der Waals surface area contributed by atoms with Gasteiger partial charge in [-0.1, -0.05) is 0 Å². The Morgan fingerprint density at radius 1 is 1.02 bits per heavy atom. The summed E-state index contributed by atoms with van der Waals surface area (Å²) in [6.07, 6.45) is -1.67. The van der Waals surface area contributed by atoms with Crippen LogP contribution < -0.4 is 15.9 Å². The molecule has 2 aromatic heterocycles. The number of aromatic nitrogens is 3. The van der Waals surface area contributed by atoms with Gasteiger partial charge < -0.3 is 10.2 Å². The number of benzene rings is 2. The quantitative estimate of drug-likeness (QED) is 0.197. The van der Waals surface area contributed by atoms with Gasteiger partial charge in [0.05, 0.1) is 15.6 Å². The normalized spacial score (nSPS) is 21.0. The van der Waals surface area contributed by atoms with Gasteiger partial charge in [0.1, 0.15) is 17.5 Å². The average Bonchev–Trinajstić information content (AvgIpc) is 3.13. The van der Waals surface area contributed by atoms with Crippen molar-refractivity contribution in [3.8, 4) is 11.1 Å². The Morgan fingerprint density at radius 3 is 2.38 bits per heavy atom. The number of halogens is 6. The lowest BCUT2D eigenvalue weighted by molar-refractivity contribution is -0.137. The first-order chi connectivity index (χ1) is 19.9. The molecule has 2 aliphatic heterocycles. The SMILES string of the molecule is C[C@@H]1CN(c2nc(=O)n3c4c(c(-c5cc(Br)c(F)cc5F)c(C(F)(F)F)cc24)SCC(c2ccncc2)C3)C[C@H](C)N1. The highest BCUT2D eigenvalue weighted by Gasteiger charge is 2.39. The molecule has 0 amide bonds. The van der Waals surface area contributed by atoms with Gasteiger partial charge in [-0.15, -0.1) is 11.8 Å². The van der Waals surface area contributed by atoms with Crippen LogP contribution in [0.25, 0.3) is 22.0 Å². The molecule has 2 aromatic carbocycles. The molecule has 42 heavy (non-hydrogen) atoms. The van der Waals surface area contributed by atoms with Crippen LogP contribution in [-0.4, -0.2) is 45.5 Å². The number of hydrogen-bond donors (Lipinski definition) is 1. The Kier molecular flexibility index (Phi) is 7.55. The van der Waals surface area contributed by atoms with E-state index in [1.165, 1.54) is 4.57 Å². The van der Waals surface area contributed by atoms with Gasteiger partial charge in [0, 0.05) is 83.3 Å². The van der Waals surface area contributed by atoms with Crippen LogP contribution in [0.4, 0.5) is 27.8 Å². The molecule has 0 bridgehead atoms. The molecule has 0 spiro atoms. The molecular formula is C29H25BrF5N5OS. The smallest absolute Gasteiger partial charge is 0.353 e. The lowest BCUT2D eigenvalue weighted by Crippen LogP contribution is -2.55. The molecule has 1 unspecified atom stereocenters. The molecule has 4 aromatic rings. The van der Waals surface area contributed by atoms with Crippen LogP contribution >= 0.6 is 27.7 Å². The molecule has 0 saturated carbocycles. The first-order valence-corrected chi connectivity index (χ1v) is 15.1. The minimum absolute atomic E-state index is 0.000604. The largest absolute Gasteiger partial charge is 0.417 e. The second kappa shape index (κ2) is 10.9. The van der Waals surface area contributed by atoms with Crippen LogP contribution in [0, 0.1) is 11.6 Å². The third kappa shape index (κ3) is 5.19. The molecule has 1 N–H and O–H groups in total. The summed E-state index contributed by atoms with van der Waals surface area (Å²) in [5, 5.41) is 3.54. The molecule has 1 saturated heterocycles. The molecule has 0 aliphatic carbocycles. The molecule has 0 radical (unpaired) electrons. The van der Waals surface area contributed by atoms with Gasteiger partial charge in [-0.2, -0.15) is 18.2 Å². The van der Waals surface area contributed by atoms with E-state index in [0.29, 0.717) is 24.9 Å². The fourth-order valence-electron chi connectivity index (χ4n) is 5.94. The third-order valence-electron chi connectivity index (χ3n) is 7.65. The zero-order valence-electron chi connectivity index (χ0n) is 22.5. The summed E-state index contributed by atoms with van der Waals surface area (Å²) in [5.74, 6) is -1.89. The summed E-state index contributed by atoms with van der Waals surface area (Å²) in [7, 11) is 0. The summed E-state index contributed by atoms with van der Waals surface area (Å²) in [4.78, 5) is 24.1. The topological polar surface area (TPSA) is 63.1 Å². The first-order valence-electron chi connectivity index (χ1n) is 13.3. The number of alkyl halides is 3. The predicted octanol–water partition coefficient (Wildman–Crippen LogP) is 6.59. The average molecular weight is 667 g/mol. The van der Waals surface area contributed by atoms with Crippen LogP contribution in [0.1, 0.15) is 30.9 Å². The summed E-state index contributed by atoms with van der Waals surface area (Å²) >= 11 is 4.13. The van der Waals surface area contributed by atoms with Crippen molar-refractivity contribution in [3.05, 3.63) is 80.4 Å². The standard InChI is InChI=1S/C29H25BrF5N5OS/c1-14-10-39(11-15(2)37-14)27-19-7-20(29(33,34)35)24(18-8-21(30)23(32)9-22(18)31)26-25(19)40(28(41)38-27)12-17(13-42-26)16-3-5-36-6-4-16/h3-9,14-15,17,37H,10-13H2,1-2H3/t14-,15+,17?. The van der Waals surface area contributed by atoms with Crippen molar-refractivity contribution in [2.75, 3.05) is 23.7 Å². The Morgan fingerprint density at radius 2 is 1.71 bits per heavy atom. The van der Waals surface area contributed by atoms with Gasteiger partial charge >= 0.3 is 11.9 Å². The summed E-state index contributed by atoms with van der Waals surface area (Å²) in [6.45, 7) is 4.92. The van der Waals surface area contributed by atoms with Crippen molar-refractivity contribution < 1.29 is 22.0 Å². The van der Waals surface area contributed by atoms with Gasteiger partial charge in [-0.05, 0) is 59.6 Å². The van der Waals surface area contributed by atoms with Crippen LogP contribution in [0.5, 0.6) is 0 Å². The molecule has 13 heteroatoms. The number of anilines is 1. The number of rotatable bonds is 3. The van der Waals surface area contributed by atoms with E-state index in [2.05, 4.69) is 31.2 Å². The number of pyridine rings is 1. The molecule has 1 fully saturated rings. The number of hydrogen-bond acceptors (Lipinski definition) is 6. The maximum atomic E-state index is 15.4. The lowest BCUT2D eigenvalue weighted by atomic mass is 9.95. The minimum atomic E-state index is -4.90. The summed E-state index contributed by atoms with van der Waals surface area (Å²) in [6, 6.07) is 6.15. The maximum absolute atomic E-state index is 15.4. The van der Waals surface area contributed by atoms with Crippen molar-refractivity contribution in [1.29, 1.82) is 0 Å². The Balaban J connectivity index is 1.71. The zero-order valence-corrected chi connectivity index (χ0v) is 24.9. The van der Waals surface area contributed by atoms with Crippen LogP contribution in [0.2, 0.25) is 0 Å². The van der Waals surface area contributed by atoms with Gasteiger partial charge in [-0.25, -0.2) is 13.6 Å². The third-order valence-corrected chi connectivity index (χ3v) is 9.51. The van der Waals surface area contributed by atoms with Crippen molar-refractivity contribution in [1.82, 2.24) is 19.9 Å². The van der Waals surface area contributed by atoms with Crippen molar-refractivity contribution in [2.24, 2.45) is 0 Å². The van der Waals surface area contributed by atoms with Crippen molar-refractivity contribution >= 4 is 44.4 Å². The fourth-order valence-corrected chi connectivity index (χ4v) is 7.67. The second-order valence-electron chi connectivity index (χ2n) is 10.8. The summed E-state index contributed by atoms with van der Waals surface area (Å²) < 4.78 is 75.5. The highest BCUT2D eigenvalue weighted by Crippen LogP contribution is 2.50. The van der Waals surface area contributed by atoms with Crippen molar-refractivity contribution in [2.45, 2.75) is 49.5 Å². The van der Waals surface area contributed by atoms with E-state index in [4.69, 9.17) is 0 Å². The molecule has 4 heterocycles. The number of piperazine rings is 1. The van der Waals surface area contributed by atoms with E-state index in [1.54, 1.807) is 24.5 Å². The molecule has 220 valence electrons. The number of nitrogens with one attached hydrogen (secondary N) is 1. The molecule has 6 nitrogen and oxygen atoms in total. The molecule has 2 aliphatic rings. The predicted molar refractivity (Wildman–Crippen MR) is 156 cm³/mol. The monoisotopic (exact) mass is 665 g/mol. The van der Waals surface area contributed by atoms with Gasteiger partial charge in [0.25, 0.3) is 0 Å². The van der Waals surface area contributed by atoms with E-state index in [0.717, 1.165) is 29.5 Å². The highest BCUT2D eigenvalue weighted by molar-refractivity contribution is 9.10.